The number of carbonyl (C=O) groups is 2. The van der Waals surface area contributed by atoms with Crippen molar-refractivity contribution in [2.24, 2.45) is 5.92 Å². The van der Waals surface area contributed by atoms with Crippen LogP contribution in [0.25, 0.3) is 0 Å². The normalized spacial score (nSPS) is 12.1. The molecule has 1 atom stereocenters. The second-order valence-corrected chi connectivity index (χ2v) is 12.2. The van der Waals surface area contributed by atoms with E-state index in [1.54, 1.807) is 49.4 Å². The van der Waals surface area contributed by atoms with Crippen LogP contribution < -0.4 is 9.62 Å². The maximum atomic E-state index is 13.8. The molecule has 9 heteroatoms. The van der Waals surface area contributed by atoms with Crippen LogP contribution in [-0.4, -0.2) is 44.3 Å². The zero-order valence-electron chi connectivity index (χ0n) is 21.2. The van der Waals surface area contributed by atoms with Gasteiger partial charge in [-0.15, -0.1) is 0 Å². The zero-order chi connectivity index (χ0) is 27.0. The predicted octanol–water partition coefficient (Wildman–Crippen LogP) is 4.68. The van der Waals surface area contributed by atoms with Crippen LogP contribution in [0.5, 0.6) is 0 Å². The van der Waals surface area contributed by atoms with E-state index in [0.29, 0.717) is 12.2 Å². The van der Waals surface area contributed by atoms with E-state index in [2.05, 4.69) is 27.9 Å². The van der Waals surface area contributed by atoms with Crippen LogP contribution in [-0.2, 0) is 26.2 Å². The maximum absolute atomic E-state index is 13.8. The molecule has 7 nitrogen and oxygen atoms in total. The van der Waals surface area contributed by atoms with E-state index < -0.39 is 28.5 Å². The molecule has 0 bridgehead atoms. The van der Waals surface area contributed by atoms with Crippen molar-refractivity contribution in [1.82, 2.24) is 10.2 Å². The summed E-state index contributed by atoms with van der Waals surface area (Å²) in [4.78, 5) is 28.3. The number of rotatable bonds is 11. The summed E-state index contributed by atoms with van der Waals surface area (Å²) < 4.78 is 29.4. The van der Waals surface area contributed by atoms with Gasteiger partial charge < -0.3 is 10.2 Å². The molecule has 0 spiro atoms. The average Bonchev–Trinajstić information content (AvgIpc) is 2.90. The Labute approximate surface area is 233 Å². The minimum atomic E-state index is -4.05. The van der Waals surface area contributed by atoms with Gasteiger partial charge in [-0.2, -0.15) is 0 Å². The second kappa shape index (κ2) is 13.0. The van der Waals surface area contributed by atoms with Crippen LogP contribution in [0.15, 0.2) is 89.8 Å². The lowest BCUT2D eigenvalue weighted by Crippen LogP contribution is -2.51. The molecule has 0 aromatic heterocycles. The van der Waals surface area contributed by atoms with E-state index in [1.807, 2.05) is 44.2 Å². The summed E-state index contributed by atoms with van der Waals surface area (Å²) in [5.74, 6) is -0.513. The molecule has 3 aromatic rings. The minimum Gasteiger partial charge on any atom is -0.354 e. The van der Waals surface area contributed by atoms with Gasteiger partial charge >= 0.3 is 0 Å². The van der Waals surface area contributed by atoms with Gasteiger partial charge in [0.15, 0.2) is 0 Å². The summed E-state index contributed by atoms with van der Waals surface area (Å²) in [6.45, 7) is 5.84. The van der Waals surface area contributed by atoms with E-state index in [4.69, 9.17) is 0 Å². The van der Waals surface area contributed by atoms with Crippen LogP contribution in [0, 0.1) is 9.49 Å². The van der Waals surface area contributed by atoms with Crippen molar-refractivity contribution in [3.05, 3.63) is 94.1 Å². The summed E-state index contributed by atoms with van der Waals surface area (Å²) >= 11 is 2.14. The van der Waals surface area contributed by atoms with E-state index in [-0.39, 0.29) is 23.3 Å². The molecule has 0 aliphatic rings. The third kappa shape index (κ3) is 7.78. The molecule has 0 aliphatic carbocycles. The third-order valence-electron chi connectivity index (χ3n) is 5.77. The fraction of sp³-hybridized carbons (Fsp3) is 0.286. The number of carbonyl (C=O) groups excluding carboxylic acids is 2. The monoisotopic (exact) mass is 633 g/mol. The molecule has 0 saturated heterocycles. The Morgan fingerprint density at radius 1 is 0.865 bits per heavy atom. The van der Waals surface area contributed by atoms with Gasteiger partial charge in [-0.3, -0.25) is 13.9 Å². The highest BCUT2D eigenvalue weighted by molar-refractivity contribution is 14.1. The molecular formula is C28H32IN3O4S. The van der Waals surface area contributed by atoms with E-state index in [1.165, 1.54) is 17.0 Å². The first-order chi connectivity index (χ1) is 17.6. The molecule has 1 N–H and O–H groups in total. The van der Waals surface area contributed by atoms with Gasteiger partial charge in [0.05, 0.1) is 10.6 Å². The third-order valence-corrected chi connectivity index (χ3v) is 8.28. The van der Waals surface area contributed by atoms with Crippen molar-refractivity contribution in [2.75, 3.05) is 17.4 Å². The Kier molecular flexibility index (Phi) is 10.1. The molecule has 0 heterocycles. The molecule has 0 radical (unpaired) electrons. The van der Waals surface area contributed by atoms with Gasteiger partial charge in [0.1, 0.15) is 12.6 Å². The number of sulfonamides is 1. The van der Waals surface area contributed by atoms with Gasteiger partial charge in [0.25, 0.3) is 10.0 Å². The van der Waals surface area contributed by atoms with Gasteiger partial charge in [-0.1, -0.05) is 62.4 Å². The number of hydrogen-bond donors (Lipinski definition) is 1. The van der Waals surface area contributed by atoms with E-state index in [9.17, 15) is 18.0 Å². The first-order valence-corrected chi connectivity index (χ1v) is 14.6. The molecule has 196 valence electrons. The van der Waals surface area contributed by atoms with Crippen LogP contribution >= 0.6 is 22.6 Å². The average molecular weight is 634 g/mol. The smallest absolute Gasteiger partial charge is 0.264 e. The zero-order valence-corrected chi connectivity index (χ0v) is 24.1. The summed E-state index contributed by atoms with van der Waals surface area (Å²) in [6, 6.07) is 23.5. The Morgan fingerprint density at radius 2 is 1.43 bits per heavy atom. The summed E-state index contributed by atoms with van der Waals surface area (Å²) in [6.07, 6.45) is 0. The van der Waals surface area contributed by atoms with Crippen molar-refractivity contribution in [3.63, 3.8) is 0 Å². The second-order valence-electron chi connectivity index (χ2n) is 9.12. The van der Waals surface area contributed by atoms with Crippen LogP contribution in [0.1, 0.15) is 26.3 Å². The topological polar surface area (TPSA) is 86.8 Å². The highest BCUT2D eigenvalue weighted by Gasteiger charge is 2.32. The number of hydrogen-bond acceptors (Lipinski definition) is 4. The van der Waals surface area contributed by atoms with Gasteiger partial charge in [-0.05, 0) is 77.4 Å². The fourth-order valence-corrected chi connectivity index (χ4v) is 5.47. The van der Waals surface area contributed by atoms with Crippen molar-refractivity contribution in [3.8, 4) is 0 Å². The lowest BCUT2D eigenvalue weighted by atomic mass is 10.1. The lowest BCUT2D eigenvalue weighted by Gasteiger charge is -2.32. The predicted molar refractivity (Wildman–Crippen MR) is 154 cm³/mol. The lowest BCUT2D eigenvalue weighted by molar-refractivity contribution is -0.139. The highest BCUT2D eigenvalue weighted by Crippen LogP contribution is 2.25. The highest BCUT2D eigenvalue weighted by atomic mass is 127. The van der Waals surface area contributed by atoms with E-state index in [0.717, 1.165) is 13.4 Å². The summed E-state index contributed by atoms with van der Waals surface area (Å²) in [5, 5.41) is 2.88. The van der Waals surface area contributed by atoms with E-state index >= 15 is 0 Å². The molecule has 37 heavy (non-hydrogen) atoms. The molecular weight excluding hydrogens is 601 g/mol. The Morgan fingerprint density at radius 3 is 2.00 bits per heavy atom. The number of nitrogens with one attached hydrogen (secondary N) is 1. The Bertz CT molecular complexity index is 1280. The summed E-state index contributed by atoms with van der Waals surface area (Å²) in [5.41, 5.74) is 1.21. The maximum Gasteiger partial charge on any atom is 0.264 e. The van der Waals surface area contributed by atoms with Crippen molar-refractivity contribution >= 4 is 50.1 Å². The Balaban J connectivity index is 1.97. The quantitative estimate of drug-likeness (QED) is 0.311. The first kappa shape index (κ1) is 28.6. The number of benzene rings is 3. The van der Waals surface area contributed by atoms with Crippen LogP contribution in [0.3, 0.4) is 0 Å². The van der Waals surface area contributed by atoms with Gasteiger partial charge in [0, 0.05) is 16.7 Å². The molecule has 2 amide bonds. The standard InChI is InChI=1S/C28H32IN3O4S/c1-21(2)18-30-28(34)22(3)31(19-23-10-6-4-7-11-23)27(33)20-32(25-16-14-24(29)15-17-25)37(35,36)26-12-8-5-9-13-26/h4-17,21-22H,18-20H2,1-3H3,(H,30,34). The van der Waals surface area contributed by atoms with Crippen LogP contribution in [0.4, 0.5) is 5.69 Å². The number of nitrogens with zero attached hydrogens (tertiary/aromatic N) is 2. The van der Waals surface area contributed by atoms with Gasteiger partial charge in [-0.25, -0.2) is 8.42 Å². The first-order valence-electron chi connectivity index (χ1n) is 12.0. The molecule has 0 fully saturated rings. The van der Waals surface area contributed by atoms with Crippen LogP contribution in [0.2, 0.25) is 0 Å². The summed E-state index contributed by atoms with van der Waals surface area (Å²) in [7, 11) is -4.05. The largest absolute Gasteiger partial charge is 0.354 e. The molecule has 1 unspecified atom stereocenters. The number of amides is 2. The molecule has 0 saturated carbocycles. The van der Waals surface area contributed by atoms with Crippen molar-refractivity contribution in [1.29, 1.82) is 0 Å². The minimum absolute atomic E-state index is 0.0821. The van der Waals surface area contributed by atoms with Gasteiger partial charge in [0.2, 0.25) is 11.8 Å². The molecule has 0 aliphatic heterocycles. The molecule has 3 rings (SSSR count). The van der Waals surface area contributed by atoms with Crippen molar-refractivity contribution < 1.29 is 18.0 Å². The number of halogens is 1. The fourth-order valence-electron chi connectivity index (χ4n) is 3.67. The Hall–Kier alpha value is -2.92. The SMILES string of the molecule is CC(C)CNC(=O)C(C)N(Cc1ccccc1)C(=O)CN(c1ccc(I)cc1)S(=O)(=O)c1ccccc1. The van der Waals surface area contributed by atoms with Crippen molar-refractivity contribution in [2.45, 2.75) is 38.3 Å². The molecule has 3 aromatic carbocycles. The number of anilines is 1.